The molecule has 4 heteroatoms. The third-order valence-corrected chi connectivity index (χ3v) is 2.93. The molecule has 0 aliphatic rings. The molecule has 0 bridgehead atoms. The molecule has 4 nitrogen and oxygen atoms in total. The van der Waals surface area contributed by atoms with E-state index in [4.69, 9.17) is 10.5 Å². The number of ether oxygens (including phenoxy) is 1. The molecule has 0 aliphatic carbocycles. The van der Waals surface area contributed by atoms with Crippen LogP contribution in [0.5, 0.6) is 5.75 Å². The number of benzene rings is 2. The van der Waals surface area contributed by atoms with Crippen LogP contribution in [-0.4, -0.2) is 13.1 Å². The Morgan fingerprint density at radius 2 is 1.89 bits per heavy atom. The Morgan fingerprint density at radius 3 is 2.56 bits per heavy atom. The lowest BCUT2D eigenvalue weighted by atomic mass is 10.0. The van der Waals surface area contributed by atoms with Crippen LogP contribution >= 0.6 is 0 Å². The summed E-state index contributed by atoms with van der Waals surface area (Å²) in [5, 5.41) is 4.86. The maximum absolute atomic E-state index is 10.8. The molecule has 2 rings (SSSR count). The second-order valence-corrected chi connectivity index (χ2v) is 4.20. The van der Waals surface area contributed by atoms with Gasteiger partial charge in [0.05, 0.1) is 13.2 Å². The lowest BCUT2D eigenvalue weighted by Crippen LogP contribution is -2.31. The summed E-state index contributed by atoms with van der Waals surface area (Å²) >= 11 is 0. The largest absolute Gasteiger partial charge is 0.497 e. The van der Waals surface area contributed by atoms with E-state index in [0.29, 0.717) is 0 Å². The van der Waals surface area contributed by atoms with E-state index in [1.807, 2.05) is 43.3 Å². The maximum Gasteiger partial charge on any atom is 0.312 e. The normalized spacial score (nSPS) is 12.1. The molecule has 0 heterocycles. The summed E-state index contributed by atoms with van der Waals surface area (Å²) in [5.41, 5.74) is 6.13. The number of nitrogens with two attached hydrogens (primary N) is 1. The first-order valence-electron chi connectivity index (χ1n) is 5.74. The van der Waals surface area contributed by atoms with Crippen LogP contribution in [0.4, 0.5) is 4.79 Å². The Kier molecular flexibility index (Phi) is 3.37. The van der Waals surface area contributed by atoms with Crippen molar-refractivity contribution < 1.29 is 9.53 Å². The molecule has 0 saturated carbocycles. The zero-order valence-electron chi connectivity index (χ0n) is 10.4. The fourth-order valence-electron chi connectivity index (χ4n) is 1.94. The summed E-state index contributed by atoms with van der Waals surface area (Å²) in [7, 11) is 1.65. The van der Waals surface area contributed by atoms with Crippen molar-refractivity contribution in [3.8, 4) is 5.75 Å². The average Bonchev–Trinajstić information content (AvgIpc) is 2.36. The third kappa shape index (κ3) is 2.53. The van der Waals surface area contributed by atoms with E-state index in [1.165, 1.54) is 0 Å². The smallest absolute Gasteiger partial charge is 0.312 e. The van der Waals surface area contributed by atoms with Gasteiger partial charge in [0, 0.05) is 0 Å². The number of carbonyl (C=O) groups excluding carboxylic acids is 1. The van der Waals surface area contributed by atoms with E-state index in [2.05, 4.69) is 5.32 Å². The molecule has 2 aromatic rings. The molecule has 2 aromatic carbocycles. The van der Waals surface area contributed by atoms with Crippen molar-refractivity contribution in [2.75, 3.05) is 7.11 Å². The number of fused-ring (bicyclic) bond motifs is 1. The van der Waals surface area contributed by atoms with Crippen LogP contribution in [0.3, 0.4) is 0 Å². The SMILES string of the molecule is COc1ccc2cc(C(C)NC(N)=O)ccc2c1. The molecule has 0 aromatic heterocycles. The predicted octanol–water partition coefficient (Wildman–Crippen LogP) is 2.58. The average molecular weight is 244 g/mol. The summed E-state index contributed by atoms with van der Waals surface area (Å²) in [6, 6.07) is 11.3. The van der Waals surface area contributed by atoms with Gasteiger partial charge in [-0.2, -0.15) is 0 Å². The van der Waals surface area contributed by atoms with E-state index in [1.54, 1.807) is 7.11 Å². The summed E-state index contributed by atoms with van der Waals surface area (Å²) in [5.74, 6) is 0.832. The quantitative estimate of drug-likeness (QED) is 0.871. The number of carbonyl (C=O) groups is 1. The Bertz CT molecular complexity index is 581. The minimum atomic E-state index is -0.516. The Morgan fingerprint density at radius 1 is 1.22 bits per heavy atom. The first-order valence-corrected chi connectivity index (χ1v) is 5.74. The number of hydrogen-bond acceptors (Lipinski definition) is 2. The molecule has 18 heavy (non-hydrogen) atoms. The highest BCUT2D eigenvalue weighted by Crippen LogP contribution is 2.24. The van der Waals surface area contributed by atoms with Gasteiger partial charge >= 0.3 is 6.03 Å². The Balaban J connectivity index is 2.35. The number of amides is 2. The fraction of sp³-hybridized carbons (Fsp3) is 0.214. The Labute approximate surface area is 106 Å². The van der Waals surface area contributed by atoms with Crippen LogP contribution in [0.15, 0.2) is 36.4 Å². The van der Waals surface area contributed by atoms with Gasteiger partial charge in [0.15, 0.2) is 0 Å². The van der Waals surface area contributed by atoms with Crippen molar-refractivity contribution in [3.05, 3.63) is 42.0 Å². The molecule has 0 spiro atoms. The lowest BCUT2D eigenvalue weighted by Gasteiger charge is -2.13. The van der Waals surface area contributed by atoms with Crippen molar-refractivity contribution in [2.45, 2.75) is 13.0 Å². The molecular weight excluding hydrogens is 228 g/mol. The minimum Gasteiger partial charge on any atom is -0.497 e. The van der Waals surface area contributed by atoms with Gasteiger partial charge < -0.3 is 15.8 Å². The zero-order valence-corrected chi connectivity index (χ0v) is 10.4. The van der Waals surface area contributed by atoms with Crippen LogP contribution in [0.25, 0.3) is 10.8 Å². The molecule has 1 atom stereocenters. The maximum atomic E-state index is 10.8. The number of methoxy groups -OCH3 is 1. The summed E-state index contributed by atoms with van der Waals surface area (Å²) < 4.78 is 5.18. The topological polar surface area (TPSA) is 64.3 Å². The fourth-order valence-corrected chi connectivity index (χ4v) is 1.94. The van der Waals surface area contributed by atoms with E-state index < -0.39 is 6.03 Å². The van der Waals surface area contributed by atoms with Crippen LogP contribution in [-0.2, 0) is 0 Å². The van der Waals surface area contributed by atoms with Gasteiger partial charge in [0.2, 0.25) is 0 Å². The number of urea groups is 1. The molecule has 2 amide bonds. The molecule has 0 aliphatic heterocycles. The van der Waals surface area contributed by atoms with Gasteiger partial charge in [-0.3, -0.25) is 0 Å². The van der Waals surface area contributed by atoms with Crippen molar-refractivity contribution in [3.63, 3.8) is 0 Å². The van der Waals surface area contributed by atoms with Crippen molar-refractivity contribution in [2.24, 2.45) is 5.73 Å². The molecule has 0 radical (unpaired) electrons. The van der Waals surface area contributed by atoms with Gasteiger partial charge in [-0.25, -0.2) is 4.79 Å². The molecule has 1 unspecified atom stereocenters. The number of rotatable bonds is 3. The second-order valence-electron chi connectivity index (χ2n) is 4.20. The summed E-state index contributed by atoms with van der Waals surface area (Å²) in [4.78, 5) is 10.8. The highest BCUT2D eigenvalue weighted by molar-refractivity contribution is 5.84. The number of hydrogen-bond donors (Lipinski definition) is 2. The Hall–Kier alpha value is -2.23. The molecule has 94 valence electrons. The molecule has 3 N–H and O–H groups in total. The molecule has 0 saturated heterocycles. The van der Waals surface area contributed by atoms with Crippen LogP contribution in [0, 0.1) is 0 Å². The third-order valence-electron chi connectivity index (χ3n) is 2.93. The van der Waals surface area contributed by atoms with Gasteiger partial charge in [-0.05, 0) is 41.5 Å². The van der Waals surface area contributed by atoms with Crippen LogP contribution in [0.2, 0.25) is 0 Å². The molecular formula is C14H16N2O2. The monoisotopic (exact) mass is 244 g/mol. The highest BCUT2D eigenvalue weighted by Gasteiger charge is 2.07. The van der Waals surface area contributed by atoms with Gasteiger partial charge in [-0.15, -0.1) is 0 Å². The van der Waals surface area contributed by atoms with Crippen molar-refractivity contribution in [1.82, 2.24) is 5.32 Å². The summed E-state index contributed by atoms with van der Waals surface area (Å²) in [6.45, 7) is 1.90. The van der Waals surface area contributed by atoms with Crippen molar-refractivity contribution in [1.29, 1.82) is 0 Å². The van der Waals surface area contributed by atoms with Gasteiger partial charge in [-0.1, -0.05) is 18.2 Å². The van der Waals surface area contributed by atoms with Gasteiger partial charge in [0.1, 0.15) is 5.75 Å². The van der Waals surface area contributed by atoms with Crippen LogP contribution < -0.4 is 15.8 Å². The van der Waals surface area contributed by atoms with E-state index in [9.17, 15) is 4.79 Å². The number of nitrogens with one attached hydrogen (secondary N) is 1. The highest BCUT2D eigenvalue weighted by atomic mass is 16.5. The van der Waals surface area contributed by atoms with E-state index >= 15 is 0 Å². The summed E-state index contributed by atoms with van der Waals surface area (Å²) in [6.07, 6.45) is 0. The van der Waals surface area contributed by atoms with Crippen LogP contribution in [0.1, 0.15) is 18.5 Å². The zero-order chi connectivity index (χ0) is 13.1. The first kappa shape index (κ1) is 12.2. The van der Waals surface area contributed by atoms with E-state index in [-0.39, 0.29) is 6.04 Å². The lowest BCUT2D eigenvalue weighted by molar-refractivity contribution is 0.246. The van der Waals surface area contributed by atoms with Gasteiger partial charge in [0.25, 0.3) is 0 Å². The minimum absolute atomic E-state index is 0.103. The number of primary amides is 1. The van der Waals surface area contributed by atoms with Crippen molar-refractivity contribution >= 4 is 16.8 Å². The molecule has 0 fully saturated rings. The first-order chi connectivity index (χ1) is 8.60. The second kappa shape index (κ2) is 4.96. The standard InChI is InChI=1S/C14H16N2O2/c1-9(16-14(15)17)10-3-4-12-8-13(18-2)6-5-11(12)7-10/h3-9H,1-2H3,(H3,15,16,17). The predicted molar refractivity (Wildman–Crippen MR) is 71.6 cm³/mol. The van der Waals surface area contributed by atoms with E-state index in [0.717, 1.165) is 22.1 Å².